The number of aryl methyl sites for hydroxylation is 1. The molecule has 2 heterocycles. The molecule has 1 aromatic carbocycles. The Bertz CT molecular complexity index is 612. The lowest BCUT2D eigenvalue weighted by Gasteiger charge is -2.24. The number of hydrogen-bond acceptors (Lipinski definition) is 4. The number of ether oxygens (including phenoxy) is 2. The molecule has 0 fully saturated rings. The largest absolute Gasteiger partial charge is 0.493 e. The van der Waals surface area contributed by atoms with Crippen molar-refractivity contribution in [3.8, 4) is 5.75 Å². The summed E-state index contributed by atoms with van der Waals surface area (Å²) in [6.07, 6.45) is 5.91. The fraction of sp³-hybridized carbons (Fsp3) is 0.500. The zero-order chi connectivity index (χ0) is 15.9. The van der Waals surface area contributed by atoms with Crippen molar-refractivity contribution < 1.29 is 9.47 Å². The molecular weight excluding hydrogens is 290 g/mol. The molecule has 0 aliphatic carbocycles. The molecule has 2 aromatic rings. The number of para-hydroxylation sites is 1. The van der Waals surface area contributed by atoms with Gasteiger partial charge < -0.3 is 14.0 Å². The minimum Gasteiger partial charge on any atom is -0.493 e. The van der Waals surface area contributed by atoms with Crippen LogP contribution in [-0.4, -0.2) is 40.8 Å². The Morgan fingerprint density at radius 2 is 2.00 bits per heavy atom. The van der Waals surface area contributed by atoms with Gasteiger partial charge in [-0.05, 0) is 18.9 Å². The van der Waals surface area contributed by atoms with Gasteiger partial charge >= 0.3 is 0 Å². The molecule has 3 rings (SSSR count). The average Bonchev–Trinajstić information content (AvgIpc) is 2.94. The molecule has 23 heavy (non-hydrogen) atoms. The molecule has 0 bridgehead atoms. The molecule has 1 aliphatic heterocycles. The van der Waals surface area contributed by atoms with Gasteiger partial charge in [0.25, 0.3) is 0 Å². The lowest BCUT2D eigenvalue weighted by molar-refractivity contribution is 0.0897. The fourth-order valence-electron chi connectivity index (χ4n) is 2.76. The van der Waals surface area contributed by atoms with Crippen molar-refractivity contribution in [3.63, 3.8) is 0 Å². The lowest BCUT2D eigenvalue weighted by Crippen LogP contribution is -2.28. The third-order valence-electron chi connectivity index (χ3n) is 4.14. The van der Waals surface area contributed by atoms with Gasteiger partial charge in [-0.25, -0.2) is 4.98 Å². The van der Waals surface area contributed by atoms with Crippen LogP contribution in [0.4, 0.5) is 0 Å². The van der Waals surface area contributed by atoms with Gasteiger partial charge in [-0.3, -0.25) is 4.90 Å². The van der Waals surface area contributed by atoms with Gasteiger partial charge in [0, 0.05) is 44.7 Å². The molecule has 5 heteroatoms. The third kappa shape index (κ3) is 4.56. The first-order chi connectivity index (χ1) is 11.3. The van der Waals surface area contributed by atoms with Crippen LogP contribution in [0.3, 0.4) is 0 Å². The highest BCUT2D eigenvalue weighted by Crippen LogP contribution is 2.21. The monoisotopic (exact) mass is 315 g/mol. The quantitative estimate of drug-likeness (QED) is 0.854. The van der Waals surface area contributed by atoms with E-state index in [0.29, 0.717) is 0 Å². The molecule has 0 amide bonds. The second-order valence-electron chi connectivity index (χ2n) is 5.94. The van der Waals surface area contributed by atoms with Gasteiger partial charge in [-0.2, -0.15) is 0 Å². The van der Waals surface area contributed by atoms with Crippen molar-refractivity contribution in [2.24, 2.45) is 7.05 Å². The summed E-state index contributed by atoms with van der Waals surface area (Å²) >= 11 is 0. The number of imidazole rings is 1. The van der Waals surface area contributed by atoms with Crippen molar-refractivity contribution in [2.75, 3.05) is 26.4 Å². The highest BCUT2D eigenvalue weighted by atomic mass is 16.5. The standard InChI is InChI=1S/C18H25N3O2/c1-20-9-8-19-18(20)15-21-10-13-22-11-4-5-12-23-17-7-3-2-6-16(17)14-21/h2-3,6-9H,4-5,10-15H2,1H3. The Morgan fingerprint density at radius 1 is 1.13 bits per heavy atom. The van der Waals surface area contributed by atoms with E-state index >= 15 is 0 Å². The summed E-state index contributed by atoms with van der Waals surface area (Å²) in [6.45, 7) is 4.85. The van der Waals surface area contributed by atoms with Gasteiger partial charge in [0.1, 0.15) is 11.6 Å². The highest BCUT2D eigenvalue weighted by molar-refractivity contribution is 5.33. The normalized spacial score (nSPS) is 17.6. The van der Waals surface area contributed by atoms with E-state index in [9.17, 15) is 0 Å². The second kappa shape index (κ2) is 8.13. The van der Waals surface area contributed by atoms with E-state index in [1.807, 2.05) is 25.5 Å². The molecule has 1 aliphatic rings. The Morgan fingerprint density at radius 3 is 2.87 bits per heavy atom. The van der Waals surface area contributed by atoms with Gasteiger partial charge in [0.15, 0.2) is 0 Å². The summed E-state index contributed by atoms with van der Waals surface area (Å²) in [4.78, 5) is 6.81. The van der Waals surface area contributed by atoms with Crippen LogP contribution >= 0.6 is 0 Å². The average molecular weight is 315 g/mol. The molecule has 0 saturated heterocycles. The van der Waals surface area contributed by atoms with Crippen LogP contribution in [0.1, 0.15) is 24.2 Å². The molecule has 1 aromatic heterocycles. The lowest BCUT2D eigenvalue weighted by atomic mass is 10.2. The maximum absolute atomic E-state index is 5.96. The number of fused-ring (bicyclic) bond motifs is 1. The van der Waals surface area contributed by atoms with Crippen LogP contribution in [0.25, 0.3) is 0 Å². The molecule has 0 atom stereocenters. The third-order valence-corrected chi connectivity index (χ3v) is 4.14. The van der Waals surface area contributed by atoms with Crippen LogP contribution < -0.4 is 4.74 Å². The first-order valence-corrected chi connectivity index (χ1v) is 8.30. The topological polar surface area (TPSA) is 39.5 Å². The van der Waals surface area contributed by atoms with Crippen LogP contribution in [0.5, 0.6) is 5.75 Å². The maximum Gasteiger partial charge on any atom is 0.123 e. The Kier molecular flexibility index (Phi) is 5.66. The van der Waals surface area contributed by atoms with E-state index in [0.717, 1.165) is 63.9 Å². The summed E-state index contributed by atoms with van der Waals surface area (Å²) in [5.41, 5.74) is 1.22. The molecule has 0 radical (unpaired) electrons. The summed E-state index contributed by atoms with van der Waals surface area (Å²) in [5, 5.41) is 0. The second-order valence-corrected chi connectivity index (χ2v) is 5.94. The van der Waals surface area contributed by atoms with E-state index in [-0.39, 0.29) is 0 Å². The summed E-state index contributed by atoms with van der Waals surface area (Å²) in [6, 6.07) is 8.32. The molecular formula is C18H25N3O2. The van der Waals surface area contributed by atoms with Crippen LogP contribution in [-0.2, 0) is 24.9 Å². The Balaban J connectivity index is 1.76. The van der Waals surface area contributed by atoms with Gasteiger partial charge in [0.05, 0.1) is 19.8 Å². The van der Waals surface area contributed by atoms with Crippen LogP contribution in [0.2, 0.25) is 0 Å². The van der Waals surface area contributed by atoms with Crippen LogP contribution in [0.15, 0.2) is 36.7 Å². The minimum absolute atomic E-state index is 0.750. The summed E-state index contributed by atoms with van der Waals surface area (Å²) in [7, 11) is 2.03. The smallest absolute Gasteiger partial charge is 0.123 e. The zero-order valence-electron chi connectivity index (χ0n) is 13.8. The van der Waals surface area contributed by atoms with E-state index in [1.165, 1.54) is 5.56 Å². The van der Waals surface area contributed by atoms with E-state index in [2.05, 4.69) is 32.7 Å². The van der Waals surface area contributed by atoms with Gasteiger partial charge in [-0.1, -0.05) is 18.2 Å². The predicted octanol–water partition coefficient (Wildman–Crippen LogP) is 2.61. The van der Waals surface area contributed by atoms with Crippen molar-refractivity contribution in [1.29, 1.82) is 0 Å². The molecule has 0 saturated carbocycles. The number of aromatic nitrogens is 2. The van der Waals surface area contributed by atoms with E-state index in [1.54, 1.807) is 0 Å². The minimum atomic E-state index is 0.750. The van der Waals surface area contributed by atoms with Crippen molar-refractivity contribution in [2.45, 2.75) is 25.9 Å². The van der Waals surface area contributed by atoms with Gasteiger partial charge in [0.2, 0.25) is 0 Å². The zero-order valence-corrected chi connectivity index (χ0v) is 13.8. The number of nitrogens with zero attached hydrogens (tertiary/aromatic N) is 3. The van der Waals surface area contributed by atoms with Crippen LogP contribution in [0, 0.1) is 0 Å². The van der Waals surface area contributed by atoms with Crippen molar-refractivity contribution in [1.82, 2.24) is 14.5 Å². The first-order valence-electron chi connectivity index (χ1n) is 8.30. The van der Waals surface area contributed by atoms with Gasteiger partial charge in [-0.15, -0.1) is 0 Å². The number of rotatable bonds is 2. The highest BCUT2D eigenvalue weighted by Gasteiger charge is 2.13. The number of benzene rings is 1. The van der Waals surface area contributed by atoms with Crippen molar-refractivity contribution in [3.05, 3.63) is 48.0 Å². The molecule has 5 nitrogen and oxygen atoms in total. The molecule has 0 N–H and O–H groups in total. The molecule has 124 valence electrons. The summed E-state index contributed by atoms with van der Waals surface area (Å²) in [5.74, 6) is 2.06. The van der Waals surface area contributed by atoms with E-state index in [4.69, 9.17) is 9.47 Å². The van der Waals surface area contributed by atoms with E-state index < -0.39 is 0 Å². The fourth-order valence-corrected chi connectivity index (χ4v) is 2.76. The molecule has 0 unspecified atom stereocenters. The summed E-state index contributed by atoms with van der Waals surface area (Å²) < 4.78 is 13.8. The Hall–Kier alpha value is -1.85. The SMILES string of the molecule is Cn1ccnc1CN1CCOCCCCOc2ccccc2C1. The molecule has 0 spiro atoms. The number of hydrogen-bond donors (Lipinski definition) is 0. The van der Waals surface area contributed by atoms with Crippen molar-refractivity contribution >= 4 is 0 Å². The predicted molar refractivity (Wildman–Crippen MR) is 89.3 cm³/mol. The first kappa shape index (κ1) is 16.0. The Labute approximate surface area is 137 Å². The maximum atomic E-state index is 5.96.